The third-order valence-corrected chi connectivity index (χ3v) is 6.94. The minimum absolute atomic E-state index is 0.0336. The Morgan fingerprint density at radius 3 is 2.38 bits per heavy atom. The van der Waals surface area contributed by atoms with Crippen molar-refractivity contribution in [1.29, 1.82) is 0 Å². The predicted octanol–water partition coefficient (Wildman–Crippen LogP) is 6.18. The van der Waals surface area contributed by atoms with E-state index in [1.54, 1.807) is 30.2 Å². The normalized spacial score (nSPS) is 15.2. The lowest BCUT2D eigenvalue weighted by Gasteiger charge is -2.33. The van der Waals surface area contributed by atoms with Crippen molar-refractivity contribution in [3.63, 3.8) is 0 Å². The maximum absolute atomic E-state index is 13.1. The first-order chi connectivity index (χ1) is 18.7. The van der Waals surface area contributed by atoms with E-state index in [-0.39, 0.29) is 50.5 Å². The average Bonchev–Trinajstić information content (AvgIpc) is 3.49. The van der Waals surface area contributed by atoms with E-state index in [9.17, 15) is 22.8 Å². The highest BCUT2D eigenvalue weighted by molar-refractivity contribution is 6.39. The molecule has 1 saturated heterocycles. The zero-order valence-electron chi connectivity index (χ0n) is 21.5. The van der Waals surface area contributed by atoms with Gasteiger partial charge in [-0.15, -0.1) is 0 Å². The summed E-state index contributed by atoms with van der Waals surface area (Å²) in [7, 11) is 0. The molecule has 0 saturated carbocycles. The fraction of sp³-hybridized carbons (Fsp3) is 0.400. The monoisotopic (exact) mass is 598 g/mol. The van der Waals surface area contributed by atoms with Crippen molar-refractivity contribution >= 4 is 34.9 Å². The number of carbonyl (C=O) groups is 1. The van der Waals surface area contributed by atoms with E-state index in [1.807, 2.05) is 0 Å². The van der Waals surface area contributed by atoms with Gasteiger partial charge in [-0.1, -0.05) is 28.4 Å². The minimum atomic E-state index is -4.64. The molecule has 40 heavy (non-hydrogen) atoms. The van der Waals surface area contributed by atoms with Crippen molar-refractivity contribution in [2.45, 2.75) is 51.3 Å². The molecule has 3 aromatic heterocycles. The van der Waals surface area contributed by atoms with Crippen LogP contribution in [0.15, 0.2) is 33.7 Å². The number of rotatable bonds is 3. The maximum Gasteiger partial charge on any atom is 0.416 e. The van der Waals surface area contributed by atoms with Crippen molar-refractivity contribution in [2.24, 2.45) is 0 Å². The molecule has 5 rings (SSSR count). The lowest BCUT2D eigenvalue weighted by molar-refractivity contribution is -0.137. The van der Waals surface area contributed by atoms with Crippen LogP contribution >= 0.6 is 23.2 Å². The Labute approximate surface area is 235 Å². The van der Waals surface area contributed by atoms with Crippen molar-refractivity contribution < 1.29 is 27.2 Å². The number of alkyl halides is 3. The molecule has 0 spiro atoms. The standard InChI is InChI=1S/C25H23Cl2F3N6O4/c1-24(2,3)39-23(38)35-6-4-12(5-7-35)17-10-18(37)32-21-14(11-31-36(17)21)22-33-20(34-40-22)19-15(26)8-13(9-16(19)27)25(28,29)30/h8-12H,4-7H2,1-3H3,(H,32,37). The van der Waals surface area contributed by atoms with Gasteiger partial charge in [-0.2, -0.15) is 23.3 Å². The summed E-state index contributed by atoms with van der Waals surface area (Å²) < 4.78 is 51.7. The van der Waals surface area contributed by atoms with Crippen LogP contribution in [0.5, 0.6) is 0 Å². The van der Waals surface area contributed by atoms with Crippen LogP contribution in [0.2, 0.25) is 10.0 Å². The zero-order chi connectivity index (χ0) is 29.0. The molecule has 0 atom stereocenters. The number of H-pyrrole nitrogens is 1. The third-order valence-electron chi connectivity index (χ3n) is 6.35. The molecule has 0 unspecified atom stereocenters. The van der Waals surface area contributed by atoms with Crippen LogP contribution < -0.4 is 5.56 Å². The topological polar surface area (TPSA) is 119 Å². The highest BCUT2D eigenvalue weighted by Gasteiger charge is 2.33. The summed E-state index contributed by atoms with van der Waals surface area (Å²) in [6.45, 7) is 6.31. The molecule has 0 bridgehead atoms. The van der Waals surface area contributed by atoms with Crippen molar-refractivity contribution in [3.8, 4) is 22.8 Å². The second kappa shape index (κ2) is 10.1. The highest BCUT2D eigenvalue weighted by Crippen LogP contribution is 2.40. The van der Waals surface area contributed by atoms with Gasteiger partial charge in [0.15, 0.2) is 0 Å². The summed E-state index contributed by atoms with van der Waals surface area (Å²) in [6, 6.07) is 2.91. The van der Waals surface area contributed by atoms with Gasteiger partial charge >= 0.3 is 12.3 Å². The Hall–Kier alpha value is -3.58. The molecule has 212 valence electrons. The Bertz CT molecular complexity index is 1630. The van der Waals surface area contributed by atoms with Gasteiger partial charge in [0.2, 0.25) is 5.82 Å². The number of nitrogens with zero attached hydrogens (tertiary/aromatic N) is 5. The Kier molecular flexibility index (Phi) is 7.07. The number of amides is 1. The van der Waals surface area contributed by atoms with Crippen LogP contribution in [-0.4, -0.2) is 54.4 Å². The number of aromatic nitrogens is 5. The number of benzene rings is 1. The van der Waals surface area contributed by atoms with Crippen molar-refractivity contribution in [3.05, 3.63) is 56.1 Å². The van der Waals surface area contributed by atoms with Gasteiger partial charge in [0.1, 0.15) is 16.8 Å². The van der Waals surface area contributed by atoms with Gasteiger partial charge < -0.3 is 19.1 Å². The molecule has 4 aromatic rings. The summed E-state index contributed by atoms with van der Waals surface area (Å²) in [5.41, 5.74) is -0.807. The van der Waals surface area contributed by atoms with Gasteiger partial charge in [0.25, 0.3) is 11.4 Å². The molecule has 1 N–H and O–H groups in total. The van der Waals surface area contributed by atoms with Gasteiger partial charge in [-0.25, -0.2) is 9.31 Å². The third kappa shape index (κ3) is 5.52. The van der Waals surface area contributed by atoms with Gasteiger partial charge in [-0.3, -0.25) is 4.79 Å². The van der Waals surface area contributed by atoms with E-state index in [2.05, 4.69) is 20.2 Å². The van der Waals surface area contributed by atoms with E-state index < -0.39 is 17.3 Å². The summed E-state index contributed by atoms with van der Waals surface area (Å²) >= 11 is 12.2. The van der Waals surface area contributed by atoms with E-state index >= 15 is 0 Å². The fourth-order valence-electron chi connectivity index (χ4n) is 4.53. The Morgan fingerprint density at radius 1 is 1.12 bits per heavy atom. The van der Waals surface area contributed by atoms with E-state index in [1.165, 1.54) is 12.3 Å². The second-order valence-corrected chi connectivity index (χ2v) is 11.2. The van der Waals surface area contributed by atoms with E-state index in [0.29, 0.717) is 37.2 Å². The van der Waals surface area contributed by atoms with Crippen LogP contribution in [0, 0.1) is 0 Å². The quantitative estimate of drug-likeness (QED) is 0.299. The number of nitrogens with one attached hydrogen (secondary N) is 1. The van der Waals surface area contributed by atoms with Crippen LogP contribution in [-0.2, 0) is 10.9 Å². The van der Waals surface area contributed by atoms with E-state index in [4.69, 9.17) is 32.5 Å². The SMILES string of the molecule is CC(C)(C)OC(=O)N1CCC(c2cc(=O)[nH]c3c(-c4nc(-c5c(Cl)cc(C(F)(F)F)cc5Cl)no4)cnn23)CC1. The van der Waals surface area contributed by atoms with Gasteiger partial charge in [0.05, 0.1) is 33.1 Å². The first-order valence-corrected chi connectivity index (χ1v) is 13.0. The smallest absolute Gasteiger partial charge is 0.416 e. The Morgan fingerprint density at radius 2 is 1.77 bits per heavy atom. The van der Waals surface area contributed by atoms with Crippen LogP contribution in [0.25, 0.3) is 28.5 Å². The van der Waals surface area contributed by atoms with Gasteiger partial charge in [0, 0.05) is 25.1 Å². The fourth-order valence-corrected chi connectivity index (χ4v) is 5.19. The minimum Gasteiger partial charge on any atom is -0.444 e. The number of aromatic amines is 1. The highest BCUT2D eigenvalue weighted by atomic mass is 35.5. The molecule has 1 fully saturated rings. The van der Waals surface area contributed by atoms with Crippen LogP contribution in [0.4, 0.5) is 18.0 Å². The zero-order valence-corrected chi connectivity index (χ0v) is 23.0. The molecule has 1 amide bonds. The lowest BCUT2D eigenvalue weighted by Crippen LogP contribution is -2.41. The number of hydrogen-bond acceptors (Lipinski definition) is 7. The molecule has 1 aliphatic heterocycles. The summed E-state index contributed by atoms with van der Waals surface area (Å²) in [5, 5.41) is 7.63. The molecular weight excluding hydrogens is 576 g/mol. The molecule has 4 heterocycles. The second-order valence-electron chi connectivity index (χ2n) is 10.4. The van der Waals surface area contributed by atoms with Crippen molar-refractivity contribution in [1.82, 2.24) is 29.6 Å². The summed E-state index contributed by atoms with van der Waals surface area (Å²) in [6.07, 6.45) is -2.42. The molecule has 15 heteroatoms. The number of carbonyl (C=O) groups excluding carboxylic acids is 1. The molecular formula is C25H23Cl2F3N6O4. The number of likely N-dealkylation sites (tertiary alicyclic amines) is 1. The van der Waals surface area contributed by atoms with Gasteiger partial charge in [-0.05, 0) is 45.7 Å². The average molecular weight is 599 g/mol. The summed E-state index contributed by atoms with van der Waals surface area (Å²) in [5.74, 6) is -0.255. The number of piperidine rings is 1. The predicted molar refractivity (Wildman–Crippen MR) is 139 cm³/mol. The molecule has 10 nitrogen and oxygen atoms in total. The number of halogens is 5. The number of ether oxygens (including phenoxy) is 1. The molecule has 1 aromatic carbocycles. The lowest BCUT2D eigenvalue weighted by atomic mass is 9.93. The molecule has 0 aliphatic carbocycles. The van der Waals surface area contributed by atoms with E-state index in [0.717, 1.165) is 12.1 Å². The molecule has 0 radical (unpaired) electrons. The molecule has 1 aliphatic rings. The largest absolute Gasteiger partial charge is 0.444 e. The first kappa shape index (κ1) is 28.0. The Balaban J connectivity index is 1.43. The van der Waals surface area contributed by atoms with Crippen molar-refractivity contribution in [2.75, 3.05) is 13.1 Å². The first-order valence-electron chi connectivity index (χ1n) is 12.2. The van der Waals surface area contributed by atoms with Crippen LogP contribution in [0.1, 0.15) is 50.8 Å². The maximum atomic E-state index is 13.1. The summed E-state index contributed by atoms with van der Waals surface area (Å²) in [4.78, 5) is 33.7. The number of fused-ring (bicyclic) bond motifs is 1. The number of hydrogen-bond donors (Lipinski definition) is 1. The van der Waals surface area contributed by atoms with Crippen LogP contribution in [0.3, 0.4) is 0 Å².